The smallest absolute Gasteiger partial charge is 0.237 e. The molecule has 1 aliphatic heterocycles. The summed E-state index contributed by atoms with van der Waals surface area (Å²) in [7, 11) is 0. The predicted molar refractivity (Wildman–Crippen MR) is 93.3 cm³/mol. The minimum atomic E-state index is -0.244. The van der Waals surface area contributed by atoms with Crippen LogP contribution in [-0.2, 0) is 11.3 Å². The molecule has 0 spiro atoms. The number of likely N-dealkylation sites (tertiary alicyclic amines) is 1. The Kier molecular flexibility index (Phi) is 5.97. The Bertz CT molecular complexity index is 720. The first-order valence-electron chi connectivity index (χ1n) is 7.66. The first-order chi connectivity index (χ1) is 10.8. The highest BCUT2D eigenvalue weighted by molar-refractivity contribution is 5.86. The highest BCUT2D eigenvalue weighted by atomic mass is 35.5. The number of rotatable bonds is 4. The molecule has 0 aliphatic carbocycles. The van der Waals surface area contributed by atoms with Crippen molar-refractivity contribution in [2.24, 2.45) is 0 Å². The van der Waals surface area contributed by atoms with Gasteiger partial charge in [0.15, 0.2) is 0 Å². The Morgan fingerprint density at radius 3 is 2.87 bits per heavy atom. The van der Waals surface area contributed by atoms with Gasteiger partial charge >= 0.3 is 0 Å². The van der Waals surface area contributed by atoms with E-state index in [0.717, 1.165) is 12.8 Å². The molecule has 1 fully saturated rings. The summed E-state index contributed by atoms with van der Waals surface area (Å²) >= 11 is 0. The van der Waals surface area contributed by atoms with E-state index in [0.29, 0.717) is 13.1 Å². The predicted octanol–water partition coefficient (Wildman–Crippen LogP) is 2.87. The van der Waals surface area contributed by atoms with E-state index in [-0.39, 0.29) is 30.9 Å². The Morgan fingerprint density at radius 2 is 2.04 bits per heavy atom. The molecule has 1 saturated heterocycles. The summed E-state index contributed by atoms with van der Waals surface area (Å²) in [4.78, 5) is 13.9. The summed E-state index contributed by atoms with van der Waals surface area (Å²) in [6.45, 7) is 1.63. The summed E-state index contributed by atoms with van der Waals surface area (Å²) in [6, 6.07) is 16.4. The van der Waals surface area contributed by atoms with Gasteiger partial charge in [-0.1, -0.05) is 42.5 Å². The number of benzene rings is 2. The van der Waals surface area contributed by atoms with Gasteiger partial charge in [-0.25, -0.2) is 0 Å². The first-order valence-corrected chi connectivity index (χ1v) is 7.66. The van der Waals surface area contributed by atoms with Gasteiger partial charge in [0.2, 0.25) is 5.91 Å². The average Bonchev–Trinajstić information content (AvgIpc) is 3.03. The number of nitrogens with zero attached hydrogens (tertiary/aromatic N) is 2. The van der Waals surface area contributed by atoms with Crippen molar-refractivity contribution in [1.82, 2.24) is 10.2 Å². The largest absolute Gasteiger partial charge is 0.326 e. The molecule has 1 amide bonds. The second-order valence-corrected chi connectivity index (χ2v) is 5.62. The lowest BCUT2D eigenvalue weighted by molar-refractivity contribution is -0.130. The van der Waals surface area contributed by atoms with E-state index in [9.17, 15) is 4.79 Å². The van der Waals surface area contributed by atoms with E-state index >= 15 is 0 Å². The van der Waals surface area contributed by atoms with Gasteiger partial charge in [0, 0.05) is 13.1 Å². The zero-order chi connectivity index (χ0) is 15.4. The standard InChI is InChI=1S/C18H19N3O.ClH/c19-11-16-8-4-10-21(16)18(22)13-20-12-15-7-3-6-14-5-1-2-9-17(14)15;/h1-3,5-7,9,16,20H,4,8,10,12-13H2;1H/t16-;/m0./s1. The lowest BCUT2D eigenvalue weighted by Gasteiger charge is -2.19. The van der Waals surface area contributed by atoms with Crippen LogP contribution in [-0.4, -0.2) is 29.9 Å². The average molecular weight is 330 g/mol. The zero-order valence-electron chi connectivity index (χ0n) is 12.9. The fourth-order valence-corrected chi connectivity index (χ4v) is 3.05. The van der Waals surface area contributed by atoms with Crippen molar-refractivity contribution in [3.63, 3.8) is 0 Å². The molecule has 0 bridgehead atoms. The molecule has 0 aromatic heterocycles. The van der Waals surface area contributed by atoms with Crippen LogP contribution < -0.4 is 5.32 Å². The number of amides is 1. The van der Waals surface area contributed by atoms with E-state index in [1.807, 2.05) is 18.2 Å². The number of carbonyl (C=O) groups excluding carboxylic acids is 1. The van der Waals surface area contributed by atoms with Crippen molar-refractivity contribution in [2.75, 3.05) is 13.1 Å². The van der Waals surface area contributed by atoms with E-state index in [2.05, 4.69) is 35.7 Å². The molecule has 3 rings (SSSR count). The summed E-state index contributed by atoms with van der Waals surface area (Å²) < 4.78 is 0. The number of nitriles is 1. The third-order valence-corrected chi connectivity index (χ3v) is 4.19. The van der Waals surface area contributed by atoms with Crippen LogP contribution in [0, 0.1) is 11.3 Å². The van der Waals surface area contributed by atoms with Crippen molar-refractivity contribution in [3.8, 4) is 6.07 Å². The molecule has 0 unspecified atom stereocenters. The van der Waals surface area contributed by atoms with Crippen LogP contribution in [0.1, 0.15) is 18.4 Å². The van der Waals surface area contributed by atoms with Crippen molar-refractivity contribution in [2.45, 2.75) is 25.4 Å². The molecule has 1 N–H and O–H groups in total. The lowest BCUT2D eigenvalue weighted by Crippen LogP contribution is -2.40. The second-order valence-electron chi connectivity index (χ2n) is 5.62. The molecule has 1 aliphatic rings. The fourth-order valence-electron chi connectivity index (χ4n) is 3.05. The topological polar surface area (TPSA) is 56.1 Å². The molecular weight excluding hydrogens is 310 g/mol. The van der Waals surface area contributed by atoms with Crippen LogP contribution in [0.2, 0.25) is 0 Å². The van der Waals surface area contributed by atoms with Gasteiger partial charge in [0.25, 0.3) is 0 Å². The van der Waals surface area contributed by atoms with Crippen LogP contribution in [0.25, 0.3) is 10.8 Å². The zero-order valence-corrected chi connectivity index (χ0v) is 13.7. The molecular formula is C18H20ClN3O. The fraction of sp³-hybridized carbons (Fsp3) is 0.333. The van der Waals surface area contributed by atoms with Gasteiger partial charge in [-0.05, 0) is 29.2 Å². The maximum Gasteiger partial charge on any atom is 0.237 e. The minimum Gasteiger partial charge on any atom is -0.326 e. The number of hydrogen-bond acceptors (Lipinski definition) is 3. The quantitative estimate of drug-likeness (QED) is 0.938. The molecule has 1 heterocycles. The van der Waals surface area contributed by atoms with Gasteiger partial charge in [-0.15, -0.1) is 12.4 Å². The molecule has 4 nitrogen and oxygen atoms in total. The molecule has 120 valence electrons. The van der Waals surface area contributed by atoms with E-state index < -0.39 is 0 Å². The van der Waals surface area contributed by atoms with Gasteiger partial charge in [0.1, 0.15) is 6.04 Å². The molecule has 23 heavy (non-hydrogen) atoms. The molecule has 1 atom stereocenters. The molecule has 0 saturated carbocycles. The highest BCUT2D eigenvalue weighted by Crippen LogP contribution is 2.18. The molecule has 5 heteroatoms. The number of hydrogen-bond donors (Lipinski definition) is 1. The van der Waals surface area contributed by atoms with Crippen molar-refractivity contribution in [3.05, 3.63) is 48.0 Å². The summed E-state index contributed by atoms with van der Waals surface area (Å²) in [5.74, 6) is 0.0179. The van der Waals surface area contributed by atoms with Crippen LogP contribution in [0.5, 0.6) is 0 Å². The summed E-state index contributed by atoms with van der Waals surface area (Å²) in [5.41, 5.74) is 1.18. The van der Waals surface area contributed by atoms with Crippen molar-refractivity contribution < 1.29 is 4.79 Å². The van der Waals surface area contributed by atoms with Crippen LogP contribution in [0.3, 0.4) is 0 Å². The number of halogens is 1. The minimum absolute atomic E-state index is 0. The Hall–Kier alpha value is -2.09. The van der Waals surface area contributed by atoms with Crippen molar-refractivity contribution >= 4 is 29.1 Å². The van der Waals surface area contributed by atoms with Crippen LogP contribution >= 0.6 is 12.4 Å². The molecule has 2 aromatic rings. The van der Waals surface area contributed by atoms with Gasteiger partial charge < -0.3 is 10.2 Å². The van der Waals surface area contributed by atoms with Gasteiger partial charge in [-0.2, -0.15) is 5.26 Å². The van der Waals surface area contributed by atoms with Crippen molar-refractivity contribution in [1.29, 1.82) is 5.26 Å². The maximum atomic E-state index is 12.2. The highest BCUT2D eigenvalue weighted by Gasteiger charge is 2.27. The Labute approximate surface area is 142 Å². The van der Waals surface area contributed by atoms with Gasteiger partial charge in [0.05, 0.1) is 12.6 Å². The van der Waals surface area contributed by atoms with Gasteiger partial charge in [-0.3, -0.25) is 4.79 Å². The first kappa shape index (κ1) is 17.3. The second kappa shape index (κ2) is 7.96. The Balaban J connectivity index is 0.00000192. The number of nitrogens with one attached hydrogen (secondary N) is 1. The lowest BCUT2D eigenvalue weighted by atomic mass is 10.0. The number of carbonyl (C=O) groups is 1. The summed E-state index contributed by atoms with van der Waals surface area (Å²) in [6.07, 6.45) is 1.72. The third kappa shape index (κ3) is 3.82. The third-order valence-electron chi connectivity index (χ3n) is 4.19. The van der Waals surface area contributed by atoms with Crippen LogP contribution in [0.15, 0.2) is 42.5 Å². The summed E-state index contributed by atoms with van der Waals surface area (Å²) in [5, 5.41) is 14.7. The number of fused-ring (bicyclic) bond motifs is 1. The molecule has 2 aromatic carbocycles. The van der Waals surface area contributed by atoms with E-state index in [4.69, 9.17) is 5.26 Å². The maximum absolute atomic E-state index is 12.2. The monoisotopic (exact) mass is 329 g/mol. The van der Waals surface area contributed by atoms with E-state index in [1.54, 1.807) is 4.90 Å². The van der Waals surface area contributed by atoms with E-state index in [1.165, 1.54) is 16.3 Å². The normalized spacial score (nSPS) is 16.8. The SMILES string of the molecule is Cl.N#C[C@@H]1CCCN1C(=O)CNCc1cccc2ccccc12. The van der Waals surface area contributed by atoms with Crippen LogP contribution in [0.4, 0.5) is 0 Å². The Morgan fingerprint density at radius 1 is 1.26 bits per heavy atom. The molecule has 0 radical (unpaired) electrons.